The molecule has 18 rings (SSSR count). The molecule has 24 nitrogen and oxygen atoms in total. The van der Waals surface area contributed by atoms with E-state index in [9.17, 15) is 4.39 Å². The number of nitrogen functional groups attached to an aromatic ring is 1. The number of piperidine rings is 2. The number of halogens is 3. The number of aryl methyl sites for hydroxylation is 3. The van der Waals surface area contributed by atoms with Gasteiger partial charge in [-0.05, 0) is 141 Å². The number of aromatic nitrogens is 12. The highest BCUT2D eigenvalue weighted by Gasteiger charge is 2.56. The monoisotopic (exact) mass is 1270 g/mol. The van der Waals surface area contributed by atoms with Crippen molar-refractivity contribution in [2.75, 3.05) is 78.8 Å². The Balaban J connectivity index is 0.000000112. The lowest BCUT2D eigenvalue weighted by molar-refractivity contribution is 0.436. The summed E-state index contributed by atoms with van der Waals surface area (Å²) in [6, 6.07) is 18.7. The van der Waals surface area contributed by atoms with Crippen LogP contribution in [0.4, 0.5) is 47.7 Å². The summed E-state index contributed by atoms with van der Waals surface area (Å²) < 4.78 is 63.5. The fourth-order valence-electron chi connectivity index (χ4n) is 14.7. The van der Waals surface area contributed by atoms with Crippen molar-refractivity contribution in [1.82, 2.24) is 59.8 Å². The van der Waals surface area contributed by atoms with Crippen LogP contribution in [-0.2, 0) is 0 Å². The number of ether oxygens (including phenoxy) is 3. The first kappa shape index (κ1) is 58.7. The molecule has 6 atom stereocenters. The summed E-state index contributed by atoms with van der Waals surface area (Å²) in [5.41, 5.74) is 32.9. The van der Waals surface area contributed by atoms with E-state index < -0.39 is 0 Å². The molecule has 6 fully saturated rings. The van der Waals surface area contributed by atoms with Gasteiger partial charge in [-0.1, -0.05) is 0 Å². The maximum atomic E-state index is 15.4. The van der Waals surface area contributed by atoms with Crippen molar-refractivity contribution in [3.05, 3.63) is 125 Å². The van der Waals surface area contributed by atoms with Gasteiger partial charge in [-0.25, -0.2) is 18.2 Å². The number of nitrogens with zero attached hydrogens (tertiary/aromatic N) is 11. The number of anilines is 6. The van der Waals surface area contributed by atoms with Gasteiger partial charge in [0.15, 0.2) is 0 Å². The van der Waals surface area contributed by atoms with Crippen LogP contribution >= 0.6 is 0 Å². The molecule has 0 bridgehead atoms. The van der Waals surface area contributed by atoms with E-state index in [4.69, 9.17) is 52.1 Å². The zero-order valence-corrected chi connectivity index (χ0v) is 52.2. The Morgan fingerprint density at radius 1 is 0.500 bits per heavy atom. The van der Waals surface area contributed by atoms with Crippen LogP contribution in [0.25, 0.3) is 65.8 Å². The van der Waals surface area contributed by atoms with Crippen molar-refractivity contribution >= 4 is 100 Å². The largest absolute Gasteiger partial charge is 0.423 e. The highest BCUT2D eigenvalue weighted by atomic mass is 19.1. The van der Waals surface area contributed by atoms with Gasteiger partial charge in [0.05, 0.1) is 84.8 Å². The summed E-state index contributed by atoms with van der Waals surface area (Å²) >= 11 is 0. The Morgan fingerprint density at radius 3 is 1.44 bits per heavy atom. The Kier molecular flexibility index (Phi) is 14.0. The second-order valence-electron chi connectivity index (χ2n) is 25.5. The number of nitrogens with two attached hydrogens (primary N) is 4. The van der Waals surface area contributed by atoms with Gasteiger partial charge in [0, 0.05) is 88.6 Å². The Labute approximate surface area is 535 Å². The Morgan fingerprint density at radius 2 is 0.968 bits per heavy atom. The average Bonchev–Trinajstić information content (AvgIpc) is 1.58. The van der Waals surface area contributed by atoms with Crippen molar-refractivity contribution in [1.29, 1.82) is 0 Å². The predicted octanol–water partition coefficient (Wildman–Crippen LogP) is 10.2. The molecule has 14 N–H and O–H groups in total. The highest BCUT2D eigenvalue weighted by molar-refractivity contribution is 6.17. The van der Waals surface area contributed by atoms with E-state index in [2.05, 4.69) is 70.6 Å². The first-order valence-electron chi connectivity index (χ1n) is 31.5. The van der Waals surface area contributed by atoms with Crippen LogP contribution in [-0.4, -0.2) is 125 Å². The van der Waals surface area contributed by atoms with Crippen LogP contribution in [0.1, 0.15) is 41.3 Å². The zero-order chi connectivity index (χ0) is 64.7. The van der Waals surface area contributed by atoms with Crippen molar-refractivity contribution in [2.45, 2.75) is 57.7 Å². The molecule has 9 aromatic heterocycles. The topological polar surface area (TPSA) is 338 Å². The van der Waals surface area contributed by atoms with E-state index in [1.54, 1.807) is 82.0 Å². The molecular formula is C67H68F3N21O3. The lowest BCUT2D eigenvalue weighted by Crippen LogP contribution is -2.29. The molecule has 2 aliphatic heterocycles. The predicted molar refractivity (Wildman–Crippen MR) is 356 cm³/mol. The standard InChI is InChI=1S/C23H24FN7O.2C22H22FN7O/c1-10-6-15(26-3)20-16(18(10)24)17-21(28-20)29-23(32-12-5-4-11(2)27-7-12)30-22(17)31-8-13-14(9-31)19(13)25;1-10-6-14(25-2)19-15(17(10)23)16-20(27-19)28-22(31-11-4-3-5-26-7-11)29-21(16)30-8-12-13(9-30)18(12)24;1-26-14-4-3-13(23)16-17-19(9-6-11-12(7-9)18(11)25)29-22(30-21(17)28-20(14)16)31-10-2-5-15(24)27-8-10/h4-7,13-14,19,26H,8-9,25H2,1-3H3,(H,28,29,30);3-7,12-13,18,25H,8-9,24H2,1-2H3,(H,27,28,29);2-5,8-9,11-12,18,26H,6-7,25H2,1H3,(H2,24,27)(H,28,29,30). The number of pyridine rings is 3. The summed E-state index contributed by atoms with van der Waals surface area (Å²) in [4.78, 5) is 54.5. The molecule has 27 heteroatoms. The summed E-state index contributed by atoms with van der Waals surface area (Å²) in [6.45, 7) is 8.62. The maximum Gasteiger partial charge on any atom is 0.326 e. The normalized spacial score (nSPS) is 22.9. The van der Waals surface area contributed by atoms with Crippen molar-refractivity contribution < 1.29 is 27.4 Å². The number of rotatable bonds is 12. The second kappa shape index (κ2) is 22.4. The quantitative estimate of drug-likeness (QED) is 0.0543. The van der Waals surface area contributed by atoms with Gasteiger partial charge in [0.1, 0.15) is 69.1 Å². The fraction of sp³-hybridized carbons (Fsp3) is 0.328. The number of hydrogen-bond acceptors (Lipinski definition) is 21. The highest BCUT2D eigenvalue weighted by Crippen LogP contribution is 2.58. The fourth-order valence-corrected chi connectivity index (χ4v) is 14.7. The lowest BCUT2D eigenvalue weighted by Gasteiger charge is -2.21. The lowest BCUT2D eigenvalue weighted by atomic mass is 9.95. The van der Waals surface area contributed by atoms with Crippen LogP contribution in [0.5, 0.6) is 35.3 Å². The number of H-pyrrole nitrogens is 3. The third kappa shape index (κ3) is 9.97. The average molecular weight is 1270 g/mol. The van der Waals surface area contributed by atoms with E-state index in [0.717, 1.165) is 67.5 Å². The van der Waals surface area contributed by atoms with Crippen molar-refractivity contribution in [3.63, 3.8) is 0 Å². The van der Waals surface area contributed by atoms with Crippen LogP contribution in [0.3, 0.4) is 0 Å². The van der Waals surface area contributed by atoms with E-state index in [0.29, 0.717) is 147 Å². The molecule has 0 amide bonds. The molecule has 11 heterocycles. The molecule has 6 aliphatic rings. The van der Waals surface area contributed by atoms with Crippen LogP contribution in [0.2, 0.25) is 0 Å². The van der Waals surface area contributed by atoms with Crippen LogP contribution in [0, 0.1) is 73.7 Å². The minimum absolute atomic E-state index is 0.184. The summed E-state index contributed by atoms with van der Waals surface area (Å²) in [7, 11) is 5.44. The number of nitrogens with one attached hydrogen (secondary N) is 6. The van der Waals surface area contributed by atoms with Gasteiger partial charge in [-0.2, -0.15) is 29.9 Å². The minimum Gasteiger partial charge on any atom is -0.423 e. The third-order valence-corrected chi connectivity index (χ3v) is 19.9. The molecule has 6 unspecified atom stereocenters. The van der Waals surface area contributed by atoms with Gasteiger partial charge < -0.3 is 77.8 Å². The van der Waals surface area contributed by atoms with Gasteiger partial charge in [-0.3, -0.25) is 9.97 Å². The number of aromatic amines is 3. The molecule has 94 heavy (non-hydrogen) atoms. The maximum absolute atomic E-state index is 15.4. The van der Waals surface area contributed by atoms with Gasteiger partial charge in [0.2, 0.25) is 0 Å². The Hall–Kier alpha value is -10.4. The summed E-state index contributed by atoms with van der Waals surface area (Å²) in [5.74, 6) is 5.49. The smallest absolute Gasteiger partial charge is 0.326 e. The molecule has 0 radical (unpaired) electrons. The zero-order valence-electron chi connectivity index (χ0n) is 52.2. The number of hydrogen-bond donors (Lipinski definition) is 10. The second-order valence-corrected chi connectivity index (χ2v) is 25.5. The molecule has 12 aromatic rings. The van der Waals surface area contributed by atoms with Crippen LogP contribution < -0.4 is 62.9 Å². The molecule has 0 spiro atoms. The van der Waals surface area contributed by atoms with Crippen molar-refractivity contribution in [2.24, 2.45) is 52.7 Å². The third-order valence-electron chi connectivity index (χ3n) is 19.9. The van der Waals surface area contributed by atoms with Gasteiger partial charge >= 0.3 is 18.0 Å². The Bertz CT molecular complexity index is 4960. The van der Waals surface area contributed by atoms with Gasteiger partial charge in [-0.15, -0.1) is 0 Å². The molecule has 3 aromatic carbocycles. The number of fused-ring (bicyclic) bond motifs is 12. The molecule has 2 saturated heterocycles. The first-order valence-corrected chi connectivity index (χ1v) is 31.5. The van der Waals surface area contributed by atoms with Crippen LogP contribution in [0.15, 0.2) is 85.5 Å². The van der Waals surface area contributed by atoms with E-state index in [1.807, 2.05) is 33.2 Å². The number of benzene rings is 3. The molecular weight excluding hydrogens is 1200 g/mol. The van der Waals surface area contributed by atoms with Gasteiger partial charge in [0.25, 0.3) is 0 Å². The molecule has 4 saturated carbocycles. The van der Waals surface area contributed by atoms with E-state index in [1.165, 1.54) is 12.3 Å². The minimum atomic E-state index is -0.304. The molecule has 4 aliphatic carbocycles. The summed E-state index contributed by atoms with van der Waals surface area (Å²) in [6.07, 6.45) is 8.33. The van der Waals surface area contributed by atoms with E-state index >= 15 is 8.78 Å². The summed E-state index contributed by atoms with van der Waals surface area (Å²) in [5, 5.41) is 13.0. The molecule has 480 valence electrons. The van der Waals surface area contributed by atoms with E-state index in [-0.39, 0.29) is 59.5 Å². The first-order chi connectivity index (χ1) is 45.5. The SMILES string of the molecule is CNc1cc(C)c(F)c2c1[nH]c1nc(Oc3ccc(C)nc3)nc(N3CC4C(N)C4C3)c12.CNc1cc(C)c(F)c2c1[nH]c1nc(Oc3cccnc3)nc(N3CC4C(N)C4C3)c12.CNc1ccc(F)c2c1[nH]c1nc(Oc3ccc(N)nc3)nc(C3CC4C(N)C4C3)c12. The van der Waals surface area contributed by atoms with Crippen molar-refractivity contribution in [3.8, 4) is 35.3 Å².